The maximum atomic E-state index is 12.0. The molecular weight excluding hydrogens is 362 g/mol. The van der Waals surface area contributed by atoms with Gasteiger partial charge in [-0.05, 0) is 42.0 Å². The van der Waals surface area contributed by atoms with E-state index in [1.807, 2.05) is 18.2 Å². The molecule has 0 heterocycles. The third-order valence-electron chi connectivity index (χ3n) is 3.65. The van der Waals surface area contributed by atoms with Crippen LogP contribution in [0.25, 0.3) is 0 Å². The van der Waals surface area contributed by atoms with Crippen LogP contribution in [0.5, 0.6) is 17.2 Å². The third-order valence-corrected chi connectivity index (χ3v) is 3.65. The van der Waals surface area contributed by atoms with Crippen molar-refractivity contribution in [1.29, 1.82) is 0 Å². The lowest BCUT2D eigenvalue weighted by Gasteiger charge is -2.07. The zero-order valence-electron chi connectivity index (χ0n) is 14.5. The number of non-ortho nitro benzene ring substituents is 1. The molecule has 8 nitrogen and oxygen atoms in total. The highest BCUT2D eigenvalue weighted by Gasteiger charge is 2.10. The van der Waals surface area contributed by atoms with Crippen LogP contribution in [0.4, 0.5) is 5.69 Å². The van der Waals surface area contributed by atoms with E-state index in [1.54, 1.807) is 24.3 Å². The molecule has 0 saturated carbocycles. The fraction of sp³-hybridized carbons (Fsp3) is 0. The normalized spacial score (nSPS) is 10.6. The van der Waals surface area contributed by atoms with Gasteiger partial charge in [0.2, 0.25) is 0 Å². The molecule has 0 atom stereocenters. The van der Waals surface area contributed by atoms with Crippen LogP contribution in [0.2, 0.25) is 0 Å². The van der Waals surface area contributed by atoms with Crippen molar-refractivity contribution in [2.45, 2.75) is 0 Å². The Hall–Kier alpha value is -4.20. The molecule has 0 aliphatic heterocycles. The number of nitrogens with zero attached hydrogens (tertiary/aromatic N) is 2. The Morgan fingerprint density at radius 3 is 2.57 bits per heavy atom. The van der Waals surface area contributed by atoms with Crippen LogP contribution in [0, 0.1) is 10.1 Å². The van der Waals surface area contributed by atoms with Crippen LogP contribution < -0.4 is 10.2 Å². The first-order valence-corrected chi connectivity index (χ1v) is 8.17. The molecule has 8 heteroatoms. The number of rotatable bonds is 6. The van der Waals surface area contributed by atoms with Crippen molar-refractivity contribution < 1.29 is 19.6 Å². The van der Waals surface area contributed by atoms with Crippen molar-refractivity contribution in [2.75, 3.05) is 0 Å². The highest BCUT2D eigenvalue weighted by Crippen LogP contribution is 2.30. The molecule has 0 unspecified atom stereocenters. The molecule has 0 fully saturated rings. The Labute approximate surface area is 159 Å². The van der Waals surface area contributed by atoms with Gasteiger partial charge >= 0.3 is 0 Å². The standard InChI is InChI=1S/C20H15N3O5/c24-18-11-14(9-10-19(18)28-17-7-2-1-3-8-17)13-21-22-20(25)15-5-4-6-16(12-15)23(26)27/h1-13,24H,(H,22,25)/b21-13+. The average Bonchev–Trinajstić information content (AvgIpc) is 2.71. The molecule has 0 saturated heterocycles. The number of hydrogen-bond acceptors (Lipinski definition) is 6. The monoisotopic (exact) mass is 377 g/mol. The van der Waals surface area contributed by atoms with Gasteiger partial charge < -0.3 is 9.84 Å². The van der Waals surface area contributed by atoms with Gasteiger partial charge in [0.25, 0.3) is 11.6 Å². The van der Waals surface area contributed by atoms with E-state index < -0.39 is 10.8 Å². The minimum atomic E-state index is -0.590. The summed E-state index contributed by atoms with van der Waals surface area (Å²) < 4.78 is 5.58. The summed E-state index contributed by atoms with van der Waals surface area (Å²) in [5, 5.41) is 24.6. The number of carbonyl (C=O) groups is 1. The van der Waals surface area contributed by atoms with Gasteiger partial charge in [0.05, 0.1) is 11.1 Å². The van der Waals surface area contributed by atoms with Gasteiger partial charge in [-0.3, -0.25) is 14.9 Å². The summed E-state index contributed by atoms with van der Waals surface area (Å²) in [6, 6.07) is 19.0. The van der Waals surface area contributed by atoms with E-state index in [2.05, 4.69) is 10.5 Å². The van der Waals surface area contributed by atoms with Crippen molar-refractivity contribution in [2.24, 2.45) is 5.10 Å². The molecule has 28 heavy (non-hydrogen) atoms. The second kappa shape index (κ2) is 8.45. The Balaban J connectivity index is 1.64. The Bertz CT molecular complexity index is 1040. The summed E-state index contributed by atoms with van der Waals surface area (Å²) in [4.78, 5) is 22.2. The van der Waals surface area contributed by atoms with Gasteiger partial charge in [0.1, 0.15) is 5.75 Å². The Kier molecular flexibility index (Phi) is 5.61. The average molecular weight is 377 g/mol. The predicted molar refractivity (Wildman–Crippen MR) is 103 cm³/mol. The predicted octanol–water partition coefficient (Wildman–Crippen LogP) is 3.86. The number of nitrogens with one attached hydrogen (secondary N) is 1. The lowest BCUT2D eigenvalue weighted by molar-refractivity contribution is -0.384. The van der Waals surface area contributed by atoms with E-state index in [1.165, 1.54) is 30.5 Å². The van der Waals surface area contributed by atoms with Crippen LogP contribution in [0.15, 0.2) is 77.9 Å². The number of aromatic hydroxyl groups is 1. The maximum Gasteiger partial charge on any atom is 0.271 e. The van der Waals surface area contributed by atoms with Crippen molar-refractivity contribution in [3.63, 3.8) is 0 Å². The molecular formula is C20H15N3O5. The topological polar surface area (TPSA) is 114 Å². The van der Waals surface area contributed by atoms with E-state index in [9.17, 15) is 20.0 Å². The van der Waals surface area contributed by atoms with Gasteiger partial charge in [-0.15, -0.1) is 0 Å². The van der Waals surface area contributed by atoms with Crippen molar-refractivity contribution in [1.82, 2.24) is 5.43 Å². The van der Waals surface area contributed by atoms with Crippen molar-refractivity contribution in [3.8, 4) is 17.2 Å². The number of hydrazone groups is 1. The fourth-order valence-electron chi connectivity index (χ4n) is 2.31. The molecule has 0 spiro atoms. The number of phenolic OH excluding ortho intramolecular Hbond substituents is 1. The van der Waals surface area contributed by atoms with Gasteiger partial charge in [-0.1, -0.05) is 24.3 Å². The first-order chi connectivity index (χ1) is 13.5. The van der Waals surface area contributed by atoms with E-state index >= 15 is 0 Å². The van der Waals surface area contributed by atoms with Crippen LogP contribution in [-0.2, 0) is 0 Å². The van der Waals surface area contributed by atoms with E-state index in [0.29, 0.717) is 11.3 Å². The number of ether oxygens (including phenoxy) is 1. The highest BCUT2D eigenvalue weighted by atomic mass is 16.6. The van der Waals surface area contributed by atoms with Crippen molar-refractivity contribution >= 4 is 17.8 Å². The van der Waals surface area contributed by atoms with Gasteiger partial charge in [-0.2, -0.15) is 5.10 Å². The number of hydrogen-bond donors (Lipinski definition) is 2. The molecule has 0 radical (unpaired) electrons. The summed E-state index contributed by atoms with van der Waals surface area (Å²) in [5.74, 6) is 0.193. The minimum absolute atomic E-state index is 0.0854. The zero-order chi connectivity index (χ0) is 19.9. The number of phenols is 1. The molecule has 3 rings (SSSR count). The minimum Gasteiger partial charge on any atom is -0.504 e. The number of amides is 1. The quantitative estimate of drug-likeness (QED) is 0.385. The number of para-hydroxylation sites is 1. The number of nitro benzene ring substituents is 1. The van der Waals surface area contributed by atoms with Crippen LogP contribution in [0.1, 0.15) is 15.9 Å². The highest BCUT2D eigenvalue weighted by molar-refractivity contribution is 5.95. The maximum absolute atomic E-state index is 12.0. The first kappa shape index (κ1) is 18.6. The second-order valence-electron chi connectivity index (χ2n) is 5.65. The number of carbonyl (C=O) groups excluding carboxylic acids is 1. The fourth-order valence-corrected chi connectivity index (χ4v) is 2.31. The summed E-state index contributed by atoms with van der Waals surface area (Å²) in [6.07, 6.45) is 1.33. The first-order valence-electron chi connectivity index (χ1n) is 8.17. The SMILES string of the molecule is O=C(N/N=C/c1ccc(Oc2ccccc2)c(O)c1)c1cccc([N+](=O)[O-])c1. The van der Waals surface area contributed by atoms with E-state index in [4.69, 9.17) is 4.74 Å². The molecule has 0 aromatic heterocycles. The van der Waals surface area contributed by atoms with E-state index in [0.717, 1.165) is 6.07 Å². The zero-order valence-corrected chi connectivity index (χ0v) is 14.5. The number of benzene rings is 3. The van der Waals surface area contributed by atoms with Crippen molar-refractivity contribution in [3.05, 3.63) is 94.0 Å². The lowest BCUT2D eigenvalue weighted by atomic mass is 10.2. The Morgan fingerprint density at radius 2 is 1.86 bits per heavy atom. The molecule has 1 amide bonds. The molecule has 3 aromatic rings. The van der Waals surface area contributed by atoms with Gasteiger partial charge in [0, 0.05) is 17.7 Å². The summed E-state index contributed by atoms with van der Waals surface area (Å²) >= 11 is 0. The molecule has 0 aliphatic carbocycles. The molecule has 0 aliphatic rings. The largest absolute Gasteiger partial charge is 0.504 e. The summed E-state index contributed by atoms with van der Waals surface area (Å²) in [5.41, 5.74) is 2.73. The molecule has 140 valence electrons. The molecule has 3 aromatic carbocycles. The Morgan fingerprint density at radius 1 is 1.07 bits per heavy atom. The van der Waals surface area contributed by atoms with Gasteiger partial charge in [-0.25, -0.2) is 5.43 Å². The third kappa shape index (κ3) is 4.70. The van der Waals surface area contributed by atoms with E-state index in [-0.39, 0.29) is 22.7 Å². The smallest absolute Gasteiger partial charge is 0.271 e. The molecule has 2 N–H and O–H groups in total. The summed E-state index contributed by atoms with van der Waals surface area (Å²) in [6.45, 7) is 0. The van der Waals surface area contributed by atoms with Crippen LogP contribution in [0.3, 0.4) is 0 Å². The molecule has 0 bridgehead atoms. The van der Waals surface area contributed by atoms with Gasteiger partial charge in [0.15, 0.2) is 11.5 Å². The second-order valence-corrected chi connectivity index (χ2v) is 5.65. The van der Waals surface area contributed by atoms with Crippen LogP contribution >= 0.6 is 0 Å². The lowest BCUT2D eigenvalue weighted by Crippen LogP contribution is -2.17. The summed E-state index contributed by atoms with van der Waals surface area (Å²) in [7, 11) is 0. The van der Waals surface area contributed by atoms with Crippen LogP contribution in [-0.4, -0.2) is 22.2 Å². The number of nitro groups is 1.